The summed E-state index contributed by atoms with van der Waals surface area (Å²) in [5, 5.41) is 17.5. The molecule has 8 nitrogen and oxygen atoms in total. The fourth-order valence-corrected chi connectivity index (χ4v) is 4.22. The van der Waals surface area contributed by atoms with Crippen molar-refractivity contribution in [2.24, 2.45) is 5.92 Å². The minimum absolute atomic E-state index is 0.308. The molecule has 1 atom stereocenters. The van der Waals surface area contributed by atoms with Gasteiger partial charge in [-0.2, -0.15) is 13.2 Å². The van der Waals surface area contributed by atoms with Crippen molar-refractivity contribution in [3.05, 3.63) is 36.0 Å². The number of hydrogen-bond acceptors (Lipinski definition) is 8. The number of aliphatic hydroxyl groups is 1. The van der Waals surface area contributed by atoms with Crippen LogP contribution in [0.25, 0.3) is 22.3 Å². The molecule has 0 aliphatic carbocycles. The summed E-state index contributed by atoms with van der Waals surface area (Å²) in [5.74, 6) is 0.509. The van der Waals surface area contributed by atoms with E-state index in [4.69, 9.17) is 9.37 Å². The van der Waals surface area contributed by atoms with Crippen molar-refractivity contribution in [3.8, 4) is 11.3 Å². The SMILES string of the molecule is OC(c1cccc(-c2cc(N3CC(CN4CCOCC4)C3)c3nonc3c2)n1)C(F)(F)F. The van der Waals surface area contributed by atoms with E-state index >= 15 is 0 Å². The quantitative estimate of drug-likeness (QED) is 0.636. The zero-order valence-electron chi connectivity index (χ0n) is 17.1. The van der Waals surface area contributed by atoms with Crippen LogP contribution in [0.5, 0.6) is 0 Å². The van der Waals surface area contributed by atoms with Gasteiger partial charge < -0.3 is 14.7 Å². The lowest BCUT2D eigenvalue weighted by atomic mass is 9.97. The number of benzene rings is 1. The maximum atomic E-state index is 12.9. The van der Waals surface area contributed by atoms with Crippen molar-refractivity contribution >= 4 is 16.7 Å². The number of ether oxygens (including phenoxy) is 1. The van der Waals surface area contributed by atoms with Gasteiger partial charge in [0.1, 0.15) is 5.52 Å². The third-order valence-corrected chi connectivity index (χ3v) is 5.92. The summed E-state index contributed by atoms with van der Waals surface area (Å²) in [5.41, 5.74) is 2.34. The van der Waals surface area contributed by atoms with Gasteiger partial charge in [0.2, 0.25) is 0 Å². The molecule has 1 unspecified atom stereocenters. The minimum Gasteiger partial charge on any atom is -0.379 e. The summed E-state index contributed by atoms with van der Waals surface area (Å²) in [6.45, 7) is 6.08. The number of nitrogens with zero attached hydrogens (tertiary/aromatic N) is 5. The van der Waals surface area contributed by atoms with Crippen LogP contribution in [0.1, 0.15) is 11.8 Å². The molecule has 4 heterocycles. The number of pyridine rings is 1. The first-order valence-corrected chi connectivity index (χ1v) is 10.4. The number of halogens is 3. The van der Waals surface area contributed by atoms with Crippen molar-refractivity contribution in [2.45, 2.75) is 12.3 Å². The molecular weight excluding hydrogens is 427 g/mol. The van der Waals surface area contributed by atoms with E-state index in [2.05, 4.69) is 25.1 Å². The molecule has 2 fully saturated rings. The zero-order valence-corrected chi connectivity index (χ0v) is 17.1. The van der Waals surface area contributed by atoms with Gasteiger partial charge in [0.15, 0.2) is 11.6 Å². The fraction of sp³-hybridized carbons (Fsp3) is 0.476. The number of aromatic nitrogens is 3. The standard InChI is InChI=1S/C21H22F3N5O3/c22-21(23,24)20(30)16-3-1-2-15(25-16)14-8-17-19(27-32-26-17)18(9-14)29-11-13(12-29)10-28-4-6-31-7-5-28/h1-3,8-9,13,20,30H,4-7,10-12H2. The van der Waals surface area contributed by atoms with Crippen molar-refractivity contribution in [1.29, 1.82) is 0 Å². The summed E-state index contributed by atoms with van der Waals surface area (Å²) in [6.07, 6.45) is -7.43. The molecule has 2 aliphatic rings. The van der Waals surface area contributed by atoms with E-state index in [9.17, 15) is 18.3 Å². The molecule has 1 aromatic carbocycles. The van der Waals surface area contributed by atoms with Crippen LogP contribution < -0.4 is 4.90 Å². The van der Waals surface area contributed by atoms with Gasteiger partial charge in [-0.3, -0.25) is 4.90 Å². The fourth-order valence-electron chi connectivity index (χ4n) is 4.22. The molecule has 5 rings (SSSR count). The Morgan fingerprint density at radius 2 is 1.91 bits per heavy atom. The molecule has 2 saturated heterocycles. The van der Waals surface area contributed by atoms with Gasteiger partial charge in [-0.15, -0.1) is 0 Å². The van der Waals surface area contributed by atoms with Crippen LogP contribution >= 0.6 is 0 Å². The van der Waals surface area contributed by atoms with E-state index in [-0.39, 0.29) is 0 Å². The van der Waals surface area contributed by atoms with Gasteiger partial charge in [-0.05, 0) is 34.6 Å². The van der Waals surface area contributed by atoms with Gasteiger partial charge in [-0.25, -0.2) is 9.61 Å². The highest BCUT2D eigenvalue weighted by Gasteiger charge is 2.40. The molecule has 0 spiro atoms. The normalized spacial score (nSPS) is 19.3. The summed E-state index contributed by atoms with van der Waals surface area (Å²) < 4.78 is 49.1. The number of aliphatic hydroxyl groups excluding tert-OH is 1. The number of morpholine rings is 1. The van der Waals surface area contributed by atoms with Crippen molar-refractivity contribution in [3.63, 3.8) is 0 Å². The summed E-state index contributed by atoms with van der Waals surface area (Å²) in [6, 6.07) is 7.71. The number of hydrogen-bond donors (Lipinski definition) is 1. The summed E-state index contributed by atoms with van der Waals surface area (Å²) >= 11 is 0. The van der Waals surface area contributed by atoms with Gasteiger partial charge in [0, 0.05) is 44.2 Å². The van der Waals surface area contributed by atoms with E-state index < -0.39 is 18.0 Å². The second-order valence-corrected chi connectivity index (χ2v) is 8.20. The van der Waals surface area contributed by atoms with Crippen LogP contribution in [-0.4, -0.2) is 77.4 Å². The maximum Gasteiger partial charge on any atom is 0.420 e. The molecule has 2 aromatic heterocycles. The predicted molar refractivity (Wildman–Crippen MR) is 109 cm³/mol. The smallest absolute Gasteiger partial charge is 0.379 e. The molecule has 1 N–H and O–H groups in total. The van der Waals surface area contributed by atoms with Crippen LogP contribution in [0.15, 0.2) is 35.0 Å². The van der Waals surface area contributed by atoms with E-state index in [0.29, 0.717) is 28.2 Å². The van der Waals surface area contributed by atoms with E-state index in [0.717, 1.165) is 57.7 Å². The Morgan fingerprint density at radius 1 is 1.12 bits per heavy atom. The zero-order chi connectivity index (χ0) is 22.3. The molecule has 0 radical (unpaired) electrons. The Morgan fingerprint density at radius 3 is 2.66 bits per heavy atom. The molecule has 0 amide bonds. The highest BCUT2D eigenvalue weighted by atomic mass is 19.4. The highest BCUT2D eigenvalue weighted by molar-refractivity contribution is 5.92. The molecule has 2 aliphatic heterocycles. The average Bonchev–Trinajstić information content (AvgIpc) is 3.24. The number of rotatable bonds is 5. The largest absolute Gasteiger partial charge is 0.420 e. The molecule has 0 saturated carbocycles. The Labute approximate surface area is 181 Å². The monoisotopic (exact) mass is 449 g/mol. The first-order chi connectivity index (χ1) is 15.4. The molecule has 170 valence electrons. The topological polar surface area (TPSA) is 87.8 Å². The van der Waals surface area contributed by atoms with E-state index in [1.165, 1.54) is 6.07 Å². The Hall–Kier alpha value is -2.76. The molecule has 32 heavy (non-hydrogen) atoms. The second-order valence-electron chi connectivity index (χ2n) is 8.20. The lowest BCUT2D eigenvalue weighted by Gasteiger charge is -2.43. The maximum absolute atomic E-state index is 12.9. The van der Waals surface area contributed by atoms with Crippen molar-refractivity contribution in [2.75, 3.05) is 50.8 Å². The Kier molecular flexibility index (Phi) is 5.48. The molecular formula is C21H22F3N5O3. The summed E-state index contributed by atoms with van der Waals surface area (Å²) in [7, 11) is 0. The lowest BCUT2D eigenvalue weighted by Crippen LogP contribution is -2.53. The Balaban J connectivity index is 1.39. The van der Waals surface area contributed by atoms with Gasteiger partial charge in [0.05, 0.1) is 30.3 Å². The molecule has 11 heteroatoms. The average molecular weight is 449 g/mol. The predicted octanol–water partition coefficient (Wildman–Crippen LogP) is 2.65. The number of alkyl halides is 3. The third kappa shape index (κ3) is 4.15. The molecule has 0 bridgehead atoms. The van der Waals surface area contributed by atoms with Crippen LogP contribution in [0, 0.1) is 5.92 Å². The van der Waals surface area contributed by atoms with E-state index in [1.54, 1.807) is 12.1 Å². The first kappa shape index (κ1) is 21.1. The van der Waals surface area contributed by atoms with Gasteiger partial charge >= 0.3 is 6.18 Å². The minimum atomic E-state index is -4.79. The van der Waals surface area contributed by atoms with Gasteiger partial charge in [0.25, 0.3) is 0 Å². The van der Waals surface area contributed by atoms with Crippen LogP contribution in [0.2, 0.25) is 0 Å². The van der Waals surface area contributed by atoms with Crippen molar-refractivity contribution < 1.29 is 27.6 Å². The van der Waals surface area contributed by atoms with E-state index in [1.807, 2.05) is 6.07 Å². The summed E-state index contributed by atoms with van der Waals surface area (Å²) in [4.78, 5) is 8.61. The van der Waals surface area contributed by atoms with Crippen molar-refractivity contribution in [1.82, 2.24) is 20.2 Å². The highest BCUT2D eigenvalue weighted by Crippen LogP contribution is 2.36. The lowest BCUT2D eigenvalue weighted by molar-refractivity contribution is -0.207. The number of fused-ring (bicyclic) bond motifs is 1. The first-order valence-electron chi connectivity index (χ1n) is 10.4. The molecule has 3 aromatic rings. The van der Waals surface area contributed by atoms with Crippen LogP contribution in [0.3, 0.4) is 0 Å². The third-order valence-electron chi connectivity index (χ3n) is 5.92. The number of anilines is 1. The van der Waals surface area contributed by atoms with Crippen LogP contribution in [0.4, 0.5) is 18.9 Å². The van der Waals surface area contributed by atoms with Crippen LogP contribution in [-0.2, 0) is 4.74 Å². The Bertz CT molecular complexity index is 1090. The second kappa shape index (κ2) is 8.30. The van der Waals surface area contributed by atoms with Gasteiger partial charge in [-0.1, -0.05) is 6.07 Å².